The van der Waals surface area contributed by atoms with Crippen molar-refractivity contribution >= 4 is 82.9 Å². The molecule has 28 heteroatoms. The molecular formula is C79H100F3N12O12P. The molecule has 2 aliphatic carbocycles. The van der Waals surface area contributed by atoms with Crippen molar-refractivity contribution in [1.82, 2.24) is 59.2 Å². The normalized spacial score (nSPS) is 20.2. The number of fused-ring (bicyclic) bond motifs is 4. The quantitative estimate of drug-likeness (QED) is 0.0624. The minimum Gasteiger partial charge on any atom is -0.475 e. The zero-order valence-corrected chi connectivity index (χ0v) is 62.5. The Kier molecular flexibility index (Phi) is 25.3. The number of phosphoric ester groups is 1. The second-order valence-electron chi connectivity index (χ2n) is 30.4. The number of benzene rings is 4. The van der Waals surface area contributed by atoms with Gasteiger partial charge in [-0.2, -0.15) is 23.4 Å². The first-order chi connectivity index (χ1) is 51.2. The Morgan fingerprint density at radius 3 is 1.43 bits per heavy atom. The number of ketones is 2. The van der Waals surface area contributed by atoms with E-state index in [1.54, 1.807) is 6.20 Å². The zero-order chi connectivity index (χ0) is 75.8. The van der Waals surface area contributed by atoms with Gasteiger partial charge in [-0.1, -0.05) is 60.7 Å². The number of aromatic amines is 1. The number of piperidine rings is 4. The summed E-state index contributed by atoms with van der Waals surface area (Å²) >= 11 is 0. The van der Waals surface area contributed by atoms with Gasteiger partial charge in [-0.05, 0) is 210 Å². The van der Waals surface area contributed by atoms with Gasteiger partial charge in [0.05, 0.1) is 29.1 Å². The van der Waals surface area contributed by atoms with E-state index < -0.39 is 38.5 Å². The first-order valence-corrected chi connectivity index (χ1v) is 39.2. The summed E-state index contributed by atoms with van der Waals surface area (Å²) in [5, 5.41) is 20.6. The number of aryl methyl sites for hydroxylation is 2. The van der Waals surface area contributed by atoms with Gasteiger partial charge in [-0.15, -0.1) is 0 Å². The third kappa shape index (κ3) is 20.0. The molecule has 0 spiro atoms. The van der Waals surface area contributed by atoms with Crippen molar-refractivity contribution in [1.29, 1.82) is 0 Å². The molecule has 4 aromatic carbocycles. The number of carboxylic acid groups (broad SMARTS) is 1. The number of allylic oxidation sites excluding steroid dienone is 2. The maximum Gasteiger partial charge on any atom is 0.490 e. The number of alkyl halides is 3. The first kappa shape index (κ1) is 78.3. The highest BCUT2D eigenvalue weighted by molar-refractivity contribution is 7.46. The molecule has 6 fully saturated rings. The monoisotopic (exact) mass is 1500 g/mol. The van der Waals surface area contributed by atoms with Crippen molar-refractivity contribution in [3.05, 3.63) is 141 Å². The number of hydrogen-bond donors (Lipinski definition) is 4. The van der Waals surface area contributed by atoms with E-state index in [1.165, 1.54) is 17.5 Å². The number of aliphatic carboxylic acids is 1. The summed E-state index contributed by atoms with van der Waals surface area (Å²) in [5.41, 5.74) is 11.8. The van der Waals surface area contributed by atoms with Crippen molar-refractivity contribution in [2.75, 3.05) is 119 Å². The van der Waals surface area contributed by atoms with Gasteiger partial charge >= 0.3 is 20.0 Å². The second-order valence-corrected chi connectivity index (χ2v) is 31.7. The van der Waals surface area contributed by atoms with Crippen LogP contribution in [0, 0.1) is 37.5 Å². The number of carbonyl (C=O) groups excluding carboxylic acids is 6. The van der Waals surface area contributed by atoms with Crippen molar-refractivity contribution in [3.8, 4) is 0 Å². The van der Waals surface area contributed by atoms with Crippen LogP contribution in [0.4, 0.5) is 13.2 Å². The summed E-state index contributed by atoms with van der Waals surface area (Å²) in [4.78, 5) is 127. The molecule has 2 aromatic heterocycles. The van der Waals surface area contributed by atoms with Gasteiger partial charge in [0.1, 0.15) is 0 Å². The number of H-pyrrole nitrogens is 1. The minimum atomic E-state index is -5.08. The summed E-state index contributed by atoms with van der Waals surface area (Å²) in [6, 6.07) is 25.4. The second kappa shape index (κ2) is 34.5. The summed E-state index contributed by atoms with van der Waals surface area (Å²) in [6.45, 7) is 16.5. The molecule has 2 atom stereocenters. The Labute approximate surface area is 622 Å². The average molecular weight is 1500 g/mol. The Morgan fingerprint density at radius 2 is 1.00 bits per heavy atom. The molecule has 8 heterocycles. The van der Waals surface area contributed by atoms with Crippen LogP contribution in [0.25, 0.3) is 34.0 Å². The molecule has 4 N–H and O–H groups in total. The van der Waals surface area contributed by atoms with Crippen LogP contribution in [0.1, 0.15) is 109 Å². The number of aromatic nitrogens is 4. The van der Waals surface area contributed by atoms with Crippen molar-refractivity contribution in [2.24, 2.45) is 23.7 Å². The Balaban J connectivity index is 0.000000185. The Bertz CT molecular complexity index is 4330. The first-order valence-electron chi connectivity index (χ1n) is 37.7. The van der Waals surface area contributed by atoms with E-state index in [9.17, 15) is 46.5 Å². The molecule has 107 heavy (non-hydrogen) atoms. The molecule has 8 aliphatic rings. The molecule has 14 rings (SSSR count). The smallest absolute Gasteiger partial charge is 0.475 e. The highest BCUT2D eigenvalue weighted by Gasteiger charge is 2.40. The molecule has 0 saturated carbocycles. The third-order valence-corrected chi connectivity index (χ3v) is 23.6. The number of nitrogens with one attached hydrogen (secondary N) is 1. The van der Waals surface area contributed by atoms with E-state index in [0.717, 1.165) is 150 Å². The van der Waals surface area contributed by atoms with Crippen molar-refractivity contribution in [2.45, 2.75) is 129 Å². The number of carboxylic acids is 1. The fourth-order valence-electron chi connectivity index (χ4n) is 17.1. The number of halogens is 3. The molecule has 6 aromatic rings. The van der Waals surface area contributed by atoms with Crippen molar-refractivity contribution < 1.29 is 70.7 Å². The van der Waals surface area contributed by atoms with E-state index >= 15 is 0 Å². The van der Waals surface area contributed by atoms with E-state index in [0.29, 0.717) is 108 Å². The van der Waals surface area contributed by atoms with Gasteiger partial charge in [0.25, 0.3) is 0 Å². The lowest BCUT2D eigenvalue weighted by atomic mass is 9.80. The molecule has 0 radical (unpaired) electrons. The topological polar surface area (TPSA) is 279 Å². The van der Waals surface area contributed by atoms with E-state index in [2.05, 4.69) is 90.8 Å². The van der Waals surface area contributed by atoms with Crippen LogP contribution in [0.5, 0.6) is 0 Å². The van der Waals surface area contributed by atoms with Crippen LogP contribution in [-0.4, -0.2) is 252 Å². The van der Waals surface area contributed by atoms with Crippen LogP contribution in [0.15, 0.2) is 96.3 Å². The number of nitrogens with zero attached hydrogens (tertiary/aromatic N) is 11. The standard InChI is InChI=1S/C39H51N6O7P.C38H48N6O3.C2HF3O2/c1-27-19-28(21-33-25-45(40-38(27)33)26-52-53(49,50)51)20-32(39(48)44-17-15-42(16-18-44)34-9-11-41(2)12-10-34)24-37(47)43-13-7-29(8-14-43)35-22-30-5-3-4-6-31(30)23-36(35)46;1-26-19-27(21-32-25-39-40-37(26)32)20-31(38(47)44-17-15-42(16-18-44)33-9-11-41(2)12-10-33)24-36(46)43-13-7-28(8-14-43)34-22-29-5-3-4-6-30(29)23-35(34)45;3-2(4,5)1(6)7/h3-6,19,21-22,25,29,32,34H,7-18,20,23-24,26H2,1-2H3,(H2,49,50,51);3-6,19,21-22,25,28,31,33H,7-18,20,23-24H2,1-2H3,(H,39,40);(H,6,7)/t32-;31-;/m00./s1. The van der Waals surface area contributed by atoms with E-state index in [-0.39, 0.29) is 59.9 Å². The van der Waals surface area contributed by atoms with Crippen LogP contribution >= 0.6 is 7.82 Å². The molecule has 0 bridgehead atoms. The van der Waals surface area contributed by atoms with Gasteiger partial charge in [0.2, 0.25) is 23.6 Å². The van der Waals surface area contributed by atoms with Gasteiger partial charge < -0.3 is 44.3 Å². The molecule has 574 valence electrons. The molecule has 0 unspecified atom stereocenters. The summed E-state index contributed by atoms with van der Waals surface area (Å²) in [6.07, 6.45) is 12.2. The zero-order valence-electron chi connectivity index (χ0n) is 61.6. The Hall–Kier alpha value is -8.27. The lowest BCUT2D eigenvalue weighted by Gasteiger charge is -2.43. The minimum absolute atomic E-state index is 0.00336. The van der Waals surface area contributed by atoms with Gasteiger partial charge in [-0.25, -0.2) is 14.0 Å². The van der Waals surface area contributed by atoms with Gasteiger partial charge in [-0.3, -0.25) is 48.2 Å². The molecule has 4 amide bonds. The Morgan fingerprint density at radius 1 is 0.579 bits per heavy atom. The number of rotatable bonds is 17. The lowest BCUT2D eigenvalue weighted by molar-refractivity contribution is -0.192. The molecule has 24 nitrogen and oxygen atoms in total. The fourth-order valence-corrected chi connectivity index (χ4v) is 17.3. The van der Waals surface area contributed by atoms with E-state index in [4.69, 9.17) is 19.7 Å². The highest BCUT2D eigenvalue weighted by atomic mass is 31.2. The number of hydrogen-bond acceptors (Lipinski definition) is 15. The number of amides is 4. The highest BCUT2D eigenvalue weighted by Crippen LogP contribution is 2.38. The number of carbonyl (C=O) groups is 7. The SMILES string of the molecule is Cc1cc(C[C@@H](CC(=O)N2CCC(C3=Cc4ccccc4CC3=O)CC2)C(=O)N2CCN(C3CCN(C)CC3)CC2)cc2cn(COP(=O)(O)O)nc12.Cc1cc(C[C@@H](CC(=O)N2CCC(C3=Cc4ccccc4CC3=O)CC2)C(=O)N2CCN(C3CCN(C)CC3)CC2)cc2cn[nH]c12.O=C(O)C(F)(F)F. The molecular weight excluding hydrogens is 1400 g/mol. The average Bonchev–Trinajstić information content (AvgIpc) is 1.54. The predicted octanol–water partition coefficient (Wildman–Crippen LogP) is 8.39. The number of likely N-dealkylation sites (tertiary alicyclic amines) is 4. The third-order valence-electron chi connectivity index (χ3n) is 23.1. The molecule has 6 saturated heterocycles. The fraction of sp³-hybridized carbons (Fsp3) is 0.532. The number of phosphoric acid groups is 1. The van der Waals surface area contributed by atoms with Gasteiger partial charge in [0.15, 0.2) is 18.3 Å². The number of Topliss-reactive ketones (excluding diaryl/α,β-unsaturated/α-hetero) is 2. The van der Waals surface area contributed by atoms with Crippen LogP contribution in [-0.2, 0) is 75.1 Å². The summed E-state index contributed by atoms with van der Waals surface area (Å²) in [5.74, 6) is -2.98. The molecule has 6 aliphatic heterocycles. The van der Waals surface area contributed by atoms with Gasteiger partial charge in [0, 0.05) is 133 Å². The van der Waals surface area contributed by atoms with Crippen LogP contribution in [0.3, 0.4) is 0 Å². The van der Waals surface area contributed by atoms with E-state index in [1.807, 2.05) is 87.3 Å². The van der Waals surface area contributed by atoms with Crippen LogP contribution < -0.4 is 0 Å². The largest absolute Gasteiger partial charge is 0.490 e. The maximum absolute atomic E-state index is 14.4. The van der Waals surface area contributed by atoms with Crippen LogP contribution in [0.2, 0.25) is 0 Å². The predicted molar refractivity (Wildman–Crippen MR) is 398 cm³/mol. The summed E-state index contributed by atoms with van der Waals surface area (Å²) < 4.78 is 49.0. The van der Waals surface area contributed by atoms with Crippen molar-refractivity contribution in [3.63, 3.8) is 0 Å². The summed E-state index contributed by atoms with van der Waals surface area (Å²) in [7, 11) is -0.312. The lowest BCUT2D eigenvalue weighted by Crippen LogP contribution is -2.55. The number of piperazine rings is 2. The maximum atomic E-state index is 14.4.